The van der Waals surface area contributed by atoms with Crippen molar-refractivity contribution in [3.05, 3.63) is 0 Å². The lowest BCUT2D eigenvalue weighted by Gasteiger charge is -2.37. The van der Waals surface area contributed by atoms with Crippen molar-refractivity contribution < 1.29 is 14.7 Å². The van der Waals surface area contributed by atoms with E-state index in [1.165, 1.54) is 6.42 Å². The molecule has 1 aliphatic rings. The van der Waals surface area contributed by atoms with Crippen LogP contribution in [0.4, 0.5) is 4.79 Å². The Morgan fingerprint density at radius 3 is 2.68 bits per heavy atom. The Hall–Kier alpha value is -1.26. The van der Waals surface area contributed by atoms with Crippen molar-refractivity contribution >= 4 is 12.0 Å². The summed E-state index contributed by atoms with van der Waals surface area (Å²) in [4.78, 5) is 24.3. The molecule has 0 saturated carbocycles. The molecule has 2 amide bonds. The van der Waals surface area contributed by atoms with Crippen molar-refractivity contribution in [2.45, 2.75) is 58.4 Å². The van der Waals surface area contributed by atoms with Gasteiger partial charge in [0.15, 0.2) is 0 Å². The second-order valence-corrected chi connectivity index (χ2v) is 5.49. The van der Waals surface area contributed by atoms with E-state index in [1.807, 2.05) is 4.90 Å². The molecular formula is C14H26N2O3. The van der Waals surface area contributed by atoms with Crippen molar-refractivity contribution in [3.63, 3.8) is 0 Å². The van der Waals surface area contributed by atoms with Crippen LogP contribution in [0.5, 0.6) is 0 Å². The molecule has 2 N–H and O–H groups in total. The number of hydrogen-bond donors (Lipinski definition) is 2. The van der Waals surface area contributed by atoms with Gasteiger partial charge in [-0.25, -0.2) is 4.79 Å². The Labute approximate surface area is 115 Å². The van der Waals surface area contributed by atoms with Gasteiger partial charge in [0.2, 0.25) is 0 Å². The first kappa shape index (κ1) is 15.8. The maximum absolute atomic E-state index is 12.0. The van der Waals surface area contributed by atoms with Crippen LogP contribution in [0, 0.1) is 5.92 Å². The average Bonchev–Trinajstić information content (AvgIpc) is 2.36. The first-order chi connectivity index (χ1) is 9.02. The zero-order valence-corrected chi connectivity index (χ0v) is 12.0. The number of carbonyl (C=O) groups is 2. The predicted octanol–water partition coefficient (Wildman–Crippen LogP) is 2.46. The molecule has 1 aliphatic heterocycles. The number of unbranched alkanes of at least 4 members (excludes halogenated alkanes) is 2. The van der Waals surface area contributed by atoms with E-state index in [4.69, 9.17) is 5.11 Å². The fourth-order valence-electron chi connectivity index (χ4n) is 2.50. The van der Waals surface area contributed by atoms with Crippen LogP contribution in [0.3, 0.4) is 0 Å². The van der Waals surface area contributed by atoms with Crippen LogP contribution in [0.15, 0.2) is 0 Å². The van der Waals surface area contributed by atoms with E-state index in [9.17, 15) is 9.59 Å². The summed E-state index contributed by atoms with van der Waals surface area (Å²) in [5.74, 6) is -0.185. The highest BCUT2D eigenvalue weighted by molar-refractivity contribution is 5.74. The van der Waals surface area contributed by atoms with E-state index in [1.54, 1.807) is 0 Å². The lowest BCUT2D eigenvalue weighted by atomic mass is 9.92. The van der Waals surface area contributed by atoms with Crippen LogP contribution in [-0.2, 0) is 4.79 Å². The molecule has 0 bridgehead atoms. The van der Waals surface area contributed by atoms with Crippen molar-refractivity contribution in [1.82, 2.24) is 10.2 Å². The Bertz CT molecular complexity index is 307. The van der Waals surface area contributed by atoms with Crippen molar-refractivity contribution in [3.8, 4) is 0 Å². The Balaban J connectivity index is 2.15. The number of carboxylic acid groups (broad SMARTS) is 1. The van der Waals surface area contributed by atoms with E-state index in [0.717, 1.165) is 25.8 Å². The smallest absolute Gasteiger partial charge is 0.317 e. The molecule has 0 aromatic carbocycles. The highest BCUT2D eigenvalue weighted by Gasteiger charge is 2.27. The Kier molecular flexibility index (Phi) is 6.67. The standard InChI is InChI=1S/C14H26N2O3/c1-11-7-6-10-16(12(11)2)14(19)15-9-5-3-4-8-13(17)18/h11-12H,3-10H2,1-2H3,(H,15,19)(H,17,18). The molecular weight excluding hydrogens is 244 g/mol. The normalized spacial score (nSPS) is 23.2. The van der Waals surface area contributed by atoms with Crippen molar-refractivity contribution in [2.24, 2.45) is 5.92 Å². The Morgan fingerprint density at radius 2 is 2.00 bits per heavy atom. The number of aliphatic carboxylic acids is 1. The molecule has 2 atom stereocenters. The number of piperidine rings is 1. The maximum atomic E-state index is 12.0. The number of nitrogens with one attached hydrogen (secondary N) is 1. The SMILES string of the molecule is CC1CCCN(C(=O)NCCCCCC(=O)O)C1C. The van der Waals surface area contributed by atoms with Crippen LogP contribution < -0.4 is 5.32 Å². The van der Waals surface area contributed by atoms with Gasteiger partial charge in [0.25, 0.3) is 0 Å². The van der Waals surface area contributed by atoms with Crippen LogP contribution in [-0.4, -0.2) is 41.1 Å². The summed E-state index contributed by atoms with van der Waals surface area (Å²) in [6, 6.07) is 0.332. The van der Waals surface area contributed by atoms with Gasteiger partial charge in [-0.1, -0.05) is 13.3 Å². The largest absolute Gasteiger partial charge is 0.481 e. The highest BCUT2D eigenvalue weighted by atomic mass is 16.4. The average molecular weight is 270 g/mol. The van der Waals surface area contributed by atoms with Crippen LogP contribution in [0.25, 0.3) is 0 Å². The van der Waals surface area contributed by atoms with Gasteiger partial charge in [0, 0.05) is 25.6 Å². The molecule has 5 heteroatoms. The van der Waals surface area contributed by atoms with Gasteiger partial charge in [-0.05, 0) is 38.5 Å². The minimum atomic E-state index is -0.750. The zero-order valence-electron chi connectivity index (χ0n) is 12.0. The quantitative estimate of drug-likeness (QED) is 0.728. The fourth-order valence-corrected chi connectivity index (χ4v) is 2.50. The molecule has 2 unspecified atom stereocenters. The molecule has 110 valence electrons. The summed E-state index contributed by atoms with van der Waals surface area (Å²) in [6.07, 6.45) is 4.87. The van der Waals surface area contributed by atoms with Crippen molar-refractivity contribution in [1.29, 1.82) is 0 Å². The van der Waals surface area contributed by atoms with E-state index >= 15 is 0 Å². The molecule has 1 rings (SSSR count). The number of rotatable bonds is 6. The van der Waals surface area contributed by atoms with Gasteiger partial charge in [0.1, 0.15) is 0 Å². The van der Waals surface area contributed by atoms with Gasteiger partial charge >= 0.3 is 12.0 Å². The first-order valence-electron chi connectivity index (χ1n) is 7.28. The molecule has 5 nitrogen and oxygen atoms in total. The monoisotopic (exact) mass is 270 g/mol. The van der Waals surface area contributed by atoms with Gasteiger partial charge in [-0.2, -0.15) is 0 Å². The molecule has 0 aromatic heterocycles. The predicted molar refractivity (Wildman–Crippen MR) is 74.1 cm³/mol. The third kappa shape index (κ3) is 5.49. The molecule has 0 radical (unpaired) electrons. The summed E-state index contributed by atoms with van der Waals surface area (Å²) in [5.41, 5.74) is 0. The molecule has 0 spiro atoms. The molecule has 19 heavy (non-hydrogen) atoms. The molecule has 1 fully saturated rings. The van der Waals surface area contributed by atoms with Gasteiger partial charge in [-0.3, -0.25) is 4.79 Å². The second-order valence-electron chi connectivity index (χ2n) is 5.49. The van der Waals surface area contributed by atoms with Gasteiger partial charge in [-0.15, -0.1) is 0 Å². The number of carbonyl (C=O) groups excluding carboxylic acids is 1. The van der Waals surface area contributed by atoms with Crippen LogP contribution in [0.2, 0.25) is 0 Å². The summed E-state index contributed by atoms with van der Waals surface area (Å²) >= 11 is 0. The van der Waals surface area contributed by atoms with Crippen molar-refractivity contribution in [2.75, 3.05) is 13.1 Å². The van der Waals surface area contributed by atoms with E-state index in [0.29, 0.717) is 24.9 Å². The number of amides is 2. The molecule has 1 saturated heterocycles. The Morgan fingerprint density at radius 1 is 1.26 bits per heavy atom. The summed E-state index contributed by atoms with van der Waals surface area (Å²) in [5, 5.41) is 11.4. The minimum Gasteiger partial charge on any atom is -0.481 e. The molecule has 0 aliphatic carbocycles. The summed E-state index contributed by atoms with van der Waals surface area (Å²) < 4.78 is 0. The first-order valence-corrected chi connectivity index (χ1v) is 7.28. The highest BCUT2D eigenvalue weighted by Crippen LogP contribution is 2.22. The minimum absolute atomic E-state index is 0.0253. The topological polar surface area (TPSA) is 69.6 Å². The fraction of sp³-hybridized carbons (Fsp3) is 0.857. The number of nitrogens with zero attached hydrogens (tertiary/aromatic N) is 1. The number of carboxylic acids is 1. The van der Waals surface area contributed by atoms with Crippen LogP contribution >= 0.6 is 0 Å². The maximum Gasteiger partial charge on any atom is 0.317 e. The number of hydrogen-bond acceptors (Lipinski definition) is 2. The summed E-state index contributed by atoms with van der Waals surface area (Å²) in [7, 11) is 0. The third-order valence-corrected chi connectivity index (χ3v) is 3.98. The molecule has 1 heterocycles. The summed E-state index contributed by atoms with van der Waals surface area (Å²) in [6.45, 7) is 5.78. The molecule has 0 aromatic rings. The van der Waals surface area contributed by atoms with Gasteiger partial charge in [0.05, 0.1) is 0 Å². The lowest BCUT2D eigenvalue weighted by Crippen LogP contribution is -2.50. The van der Waals surface area contributed by atoms with Crippen LogP contribution in [0.1, 0.15) is 52.4 Å². The lowest BCUT2D eigenvalue weighted by molar-refractivity contribution is -0.137. The second kappa shape index (κ2) is 8.02. The van der Waals surface area contributed by atoms with E-state index < -0.39 is 5.97 Å². The van der Waals surface area contributed by atoms with E-state index in [-0.39, 0.29) is 12.5 Å². The third-order valence-electron chi connectivity index (χ3n) is 3.98. The number of likely N-dealkylation sites (tertiary alicyclic amines) is 1. The number of urea groups is 1. The zero-order chi connectivity index (χ0) is 14.3. The van der Waals surface area contributed by atoms with E-state index in [2.05, 4.69) is 19.2 Å². The van der Waals surface area contributed by atoms with Gasteiger partial charge < -0.3 is 15.3 Å².